The Labute approximate surface area is 178 Å². The Kier molecular flexibility index (Phi) is 7.47. The van der Waals surface area contributed by atoms with E-state index in [2.05, 4.69) is 16.0 Å². The highest BCUT2D eigenvalue weighted by atomic mass is 35.5. The summed E-state index contributed by atoms with van der Waals surface area (Å²) < 4.78 is 5.06. The Morgan fingerprint density at radius 2 is 1.52 bits per heavy atom. The minimum absolute atomic E-state index is 0.235. The molecule has 9 heteroatoms. The number of alkyl carbamates (subject to hydrolysis) is 1. The van der Waals surface area contributed by atoms with Crippen molar-refractivity contribution in [1.82, 2.24) is 5.32 Å². The van der Waals surface area contributed by atoms with Gasteiger partial charge in [-0.3, -0.25) is 9.59 Å². The van der Waals surface area contributed by atoms with Crippen molar-refractivity contribution in [3.05, 3.63) is 58.1 Å². The van der Waals surface area contributed by atoms with Gasteiger partial charge in [-0.2, -0.15) is 0 Å². The summed E-state index contributed by atoms with van der Waals surface area (Å²) in [5.41, 5.74) is 0.622. The van der Waals surface area contributed by atoms with Crippen LogP contribution in [-0.4, -0.2) is 30.1 Å². The van der Waals surface area contributed by atoms with E-state index in [1.54, 1.807) is 57.2 Å². The van der Waals surface area contributed by atoms with Gasteiger partial charge in [0.15, 0.2) is 0 Å². The Balaban J connectivity index is 1.88. The van der Waals surface area contributed by atoms with E-state index in [1.165, 1.54) is 6.07 Å². The van der Waals surface area contributed by atoms with E-state index < -0.39 is 23.5 Å². The van der Waals surface area contributed by atoms with Crippen LogP contribution in [0.4, 0.5) is 16.2 Å². The fraction of sp³-hybridized carbons (Fsp3) is 0.250. The van der Waals surface area contributed by atoms with Gasteiger partial charge in [-0.05, 0) is 63.2 Å². The predicted octanol–water partition coefficient (Wildman–Crippen LogP) is 4.71. The normalized spacial score (nSPS) is 10.8. The van der Waals surface area contributed by atoms with E-state index in [9.17, 15) is 14.4 Å². The van der Waals surface area contributed by atoms with E-state index in [-0.39, 0.29) is 17.1 Å². The van der Waals surface area contributed by atoms with Gasteiger partial charge in [0, 0.05) is 16.4 Å². The third kappa shape index (κ3) is 7.63. The summed E-state index contributed by atoms with van der Waals surface area (Å²) in [6.07, 6.45) is -0.676. The average molecular weight is 438 g/mol. The molecule has 2 rings (SSSR count). The first-order valence-corrected chi connectivity index (χ1v) is 9.42. The lowest BCUT2D eigenvalue weighted by Crippen LogP contribution is -2.37. The highest BCUT2D eigenvalue weighted by molar-refractivity contribution is 6.36. The molecule has 29 heavy (non-hydrogen) atoms. The minimum atomic E-state index is -0.676. The van der Waals surface area contributed by atoms with Crippen molar-refractivity contribution in [2.75, 3.05) is 17.2 Å². The molecule has 0 spiro atoms. The van der Waals surface area contributed by atoms with Crippen molar-refractivity contribution in [1.29, 1.82) is 0 Å². The third-order valence-corrected chi connectivity index (χ3v) is 3.96. The van der Waals surface area contributed by atoms with Crippen molar-refractivity contribution in [3.63, 3.8) is 0 Å². The molecule has 0 radical (unpaired) electrons. The number of ether oxygens (including phenoxy) is 1. The zero-order chi connectivity index (χ0) is 21.6. The predicted molar refractivity (Wildman–Crippen MR) is 114 cm³/mol. The van der Waals surface area contributed by atoms with Crippen LogP contribution in [0.2, 0.25) is 10.0 Å². The van der Waals surface area contributed by atoms with Crippen LogP contribution in [-0.2, 0) is 9.53 Å². The molecule has 0 atom stereocenters. The molecule has 3 N–H and O–H groups in total. The molecule has 0 aromatic heterocycles. The van der Waals surface area contributed by atoms with Crippen LogP contribution < -0.4 is 16.0 Å². The lowest BCUT2D eigenvalue weighted by Gasteiger charge is -2.19. The van der Waals surface area contributed by atoms with Crippen LogP contribution >= 0.6 is 23.2 Å². The molecule has 0 unspecified atom stereocenters. The van der Waals surface area contributed by atoms with Crippen molar-refractivity contribution < 1.29 is 19.1 Å². The van der Waals surface area contributed by atoms with Gasteiger partial charge in [0.2, 0.25) is 5.91 Å². The molecule has 154 valence electrons. The molecule has 2 aromatic rings. The monoisotopic (exact) mass is 437 g/mol. The summed E-state index contributed by atoms with van der Waals surface area (Å²) in [6, 6.07) is 11.1. The average Bonchev–Trinajstić information content (AvgIpc) is 2.62. The second-order valence-corrected chi connectivity index (χ2v) is 7.90. The summed E-state index contributed by atoms with van der Waals surface area (Å²) in [7, 11) is 0. The van der Waals surface area contributed by atoms with E-state index in [1.807, 2.05) is 0 Å². The molecule has 2 aromatic carbocycles. The number of benzene rings is 2. The van der Waals surface area contributed by atoms with Gasteiger partial charge in [-0.1, -0.05) is 23.2 Å². The van der Waals surface area contributed by atoms with Crippen molar-refractivity contribution in [2.45, 2.75) is 26.4 Å². The molecule has 0 aliphatic rings. The maximum Gasteiger partial charge on any atom is 0.408 e. The van der Waals surface area contributed by atoms with Gasteiger partial charge in [-0.25, -0.2) is 4.79 Å². The Morgan fingerprint density at radius 1 is 0.931 bits per heavy atom. The first-order valence-electron chi connectivity index (χ1n) is 8.67. The SMILES string of the molecule is CC(C)(C)OC(=O)NCC(=O)Nc1ccc(NC(=O)c2cc(Cl)ccc2Cl)cc1. The third-order valence-electron chi connectivity index (χ3n) is 3.39. The van der Waals surface area contributed by atoms with Gasteiger partial charge in [-0.15, -0.1) is 0 Å². The Bertz CT molecular complexity index is 909. The number of hydrogen-bond donors (Lipinski definition) is 3. The largest absolute Gasteiger partial charge is 0.444 e. The van der Waals surface area contributed by atoms with Gasteiger partial charge in [0.05, 0.1) is 10.6 Å². The summed E-state index contributed by atoms with van der Waals surface area (Å²) in [5, 5.41) is 8.39. The van der Waals surface area contributed by atoms with E-state index in [0.717, 1.165) is 0 Å². The molecule has 0 fully saturated rings. The van der Waals surface area contributed by atoms with Gasteiger partial charge >= 0.3 is 6.09 Å². The number of anilines is 2. The summed E-state index contributed by atoms with van der Waals surface area (Å²) in [4.78, 5) is 35.8. The molecule has 0 saturated heterocycles. The van der Waals surface area contributed by atoms with Crippen LogP contribution in [0.25, 0.3) is 0 Å². The van der Waals surface area contributed by atoms with E-state index in [0.29, 0.717) is 16.4 Å². The van der Waals surface area contributed by atoms with Gasteiger partial charge in [0.1, 0.15) is 12.1 Å². The van der Waals surface area contributed by atoms with Crippen LogP contribution in [0, 0.1) is 0 Å². The van der Waals surface area contributed by atoms with Crippen LogP contribution in [0.5, 0.6) is 0 Å². The minimum Gasteiger partial charge on any atom is -0.444 e. The fourth-order valence-corrected chi connectivity index (χ4v) is 2.55. The summed E-state index contributed by atoms with van der Waals surface area (Å²) in [5.74, 6) is -0.825. The van der Waals surface area contributed by atoms with Crippen molar-refractivity contribution in [2.24, 2.45) is 0 Å². The topological polar surface area (TPSA) is 96.5 Å². The molecule has 0 aliphatic carbocycles. The van der Waals surface area contributed by atoms with Gasteiger partial charge in [0.25, 0.3) is 5.91 Å². The molecule has 0 heterocycles. The van der Waals surface area contributed by atoms with E-state index >= 15 is 0 Å². The molecule has 0 bridgehead atoms. The van der Waals surface area contributed by atoms with Crippen LogP contribution in [0.1, 0.15) is 31.1 Å². The number of carbonyl (C=O) groups is 3. The number of halogens is 2. The number of amides is 3. The lowest BCUT2D eigenvalue weighted by molar-refractivity contribution is -0.115. The maximum absolute atomic E-state index is 12.3. The first kappa shape index (κ1) is 22.5. The number of rotatable bonds is 5. The smallest absolute Gasteiger partial charge is 0.408 e. The van der Waals surface area contributed by atoms with Crippen LogP contribution in [0.15, 0.2) is 42.5 Å². The van der Waals surface area contributed by atoms with Gasteiger partial charge < -0.3 is 20.7 Å². The molecule has 7 nitrogen and oxygen atoms in total. The molecule has 3 amide bonds. The number of hydrogen-bond acceptors (Lipinski definition) is 4. The highest BCUT2D eigenvalue weighted by Crippen LogP contribution is 2.22. The summed E-state index contributed by atoms with van der Waals surface area (Å²) in [6.45, 7) is 4.95. The second kappa shape index (κ2) is 9.62. The van der Waals surface area contributed by atoms with Crippen molar-refractivity contribution in [3.8, 4) is 0 Å². The number of carbonyl (C=O) groups excluding carboxylic acids is 3. The molecular formula is C20H21Cl2N3O4. The quantitative estimate of drug-likeness (QED) is 0.630. The zero-order valence-corrected chi connectivity index (χ0v) is 17.6. The van der Waals surface area contributed by atoms with E-state index in [4.69, 9.17) is 27.9 Å². The lowest BCUT2D eigenvalue weighted by atomic mass is 10.2. The second-order valence-electron chi connectivity index (χ2n) is 7.06. The standard InChI is InChI=1S/C20H21Cl2N3O4/c1-20(2,3)29-19(28)23-11-17(26)24-13-5-7-14(8-6-13)25-18(27)15-10-12(21)4-9-16(15)22/h4-10H,11H2,1-3H3,(H,23,28)(H,24,26)(H,25,27). The fourth-order valence-electron chi connectivity index (χ4n) is 2.18. The molecule has 0 saturated carbocycles. The maximum atomic E-state index is 12.3. The number of nitrogens with one attached hydrogen (secondary N) is 3. The van der Waals surface area contributed by atoms with Crippen LogP contribution in [0.3, 0.4) is 0 Å². The van der Waals surface area contributed by atoms with Crippen molar-refractivity contribution >= 4 is 52.5 Å². The highest BCUT2D eigenvalue weighted by Gasteiger charge is 2.16. The zero-order valence-electron chi connectivity index (χ0n) is 16.1. The summed E-state index contributed by atoms with van der Waals surface area (Å²) >= 11 is 11.9. The Morgan fingerprint density at radius 3 is 2.10 bits per heavy atom. The first-order chi connectivity index (χ1) is 13.5. The molecule has 0 aliphatic heterocycles. The Hall–Kier alpha value is -2.77. The molecular weight excluding hydrogens is 417 g/mol.